The van der Waals surface area contributed by atoms with E-state index in [4.69, 9.17) is 0 Å². The molecule has 2 rings (SSSR count). The Labute approximate surface area is 121 Å². The van der Waals surface area contributed by atoms with Crippen LogP contribution in [0.1, 0.15) is 19.0 Å². The Morgan fingerprint density at radius 3 is 2.57 bits per heavy atom. The molecule has 0 amide bonds. The van der Waals surface area contributed by atoms with E-state index in [2.05, 4.69) is 4.98 Å². The average molecular weight is 298 g/mol. The molecule has 21 heavy (non-hydrogen) atoms. The largest absolute Gasteiger partial charge is 0.405 e. The molecule has 2 aromatic rings. The first-order valence-corrected chi connectivity index (χ1v) is 6.76. The van der Waals surface area contributed by atoms with Crippen molar-refractivity contribution in [2.24, 2.45) is 0 Å². The third-order valence-electron chi connectivity index (χ3n) is 3.10. The molecule has 0 saturated carbocycles. The first kappa shape index (κ1) is 15.6. The van der Waals surface area contributed by atoms with Gasteiger partial charge in [0, 0.05) is 11.9 Å². The van der Waals surface area contributed by atoms with Crippen molar-refractivity contribution in [1.82, 2.24) is 4.98 Å². The van der Waals surface area contributed by atoms with Gasteiger partial charge in [0.25, 0.3) is 0 Å². The highest BCUT2D eigenvalue weighted by molar-refractivity contribution is 5.92. The first-order valence-electron chi connectivity index (χ1n) is 6.76. The van der Waals surface area contributed by atoms with Gasteiger partial charge in [-0.3, -0.25) is 0 Å². The zero-order chi connectivity index (χ0) is 15.5. The normalized spacial score (nSPS) is 11.9. The van der Waals surface area contributed by atoms with Crippen molar-refractivity contribution in [2.75, 3.05) is 18.0 Å². The van der Waals surface area contributed by atoms with Gasteiger partial charge in [-0.2, -0.15) is 13.2 Å². The Morgan fingerprint density at radius 1 is 1.24 bits per heavy atom. The number of alkyl halides is 3. The molecular formula is C15H17F3N2O. The molecule has 6 heteroatoms. The van der Waals surface area contributed by atoms with Crippen LogP contribution >= 0.6 is 0 Å². The molecule has 1 aromatic carbocycles. The van der Waals surface area contributed by atoms with Crippen molar-refractivity contribution in [3.8, 4) is 0 Å². The smallest absolute Gasteiger partial charge is 0.390 e. The number of aromatic nitrogens is 1. The fraction of sp³-hybridized carbons (Fsp3) is 0.400. The second-order valence-electron chi connectivity index (χ2n) is 4.85. The number of benzene rings is 1. The minimum absolute atomic E-state index is 0.255. The number of hydrogen-bond acceptors (Lipinski definition) is 3. The lowest BCUT2D eigenvalue weighted by atomic mass is 10.1. The number of nitrogens with zero attached hydrogens (tertiary/aromatic N) is 2. The second kappa shape index (κ2) is 6.30. The van der Waals surface area contributed by atoms with Crippen molar-refractivity contribution in [2.45, 2.75) is 26.1 Å². The van der Waals surface area contributed by atoms with Crippen molar-refractivity contribution in [3.05, 3.63) is 36.0 Å². The monoisotopic (exact) mass is 298 g/mol. The molecule has 114 valence electrons. The van der Waals surface area contributed by atoms with Crippen LogP contribution in [0, 0.1) is 0 Å². The van der Waals surface area contributed by atoms with Gasteiger partial charge in [0.15, 0.2) is 0 Å². The Morgan fingerprint density at radius 2 is 1.95 bits per heavy atom. The van der Waals surface area contributed by atoms with Gasteiger partial charge in [0.2, 0.25) is 0 Å². The summed E-state index contributed by atoms with van der Waals surface area (Å²) in [4.78, 5) is 5.42. The van der Waals surface area contributed by atoms with Crippen LogP contribution in [-0.2, 0) is 6.61 Å². The molecule has 0 aliphatic heterocycles. The molecule has 1 N–H and O–H groups in total. The molecule has 0 saturated heterocycles. The van der Waals surface area contributed by atoms with Gasteiger partial charge in [-0.25, -0.2) is 4.98 Å². The van der Waals surface area contributed by atoms with Crippen LogP contribution < -0.4 is 4.90 Å². The highest BCUT2D eigenvalue weighted by atomic mass is 19.4. The summed E-state index contributed by atoms with van der Waals surface area (Å²) in [5.41, 5.74) is 0.368. The Kier molecular flexibility index (Phi) is 4.67. The standard InChI is InChI=1S/C15H17F3N2O/c1-2-7-20(10-15(16,17)18)14-13-6-4-3-5-11(13)8-12(9-21)19-14/h3-6,8,21H,2,7,9-10H2,1H3. The molecule has 3 nitrogen and oxygen atoms in total. The molecule has 0 bridgehead atoms. The van der Waals surface area contributed by atoms with Crippen LogP contribution in [-0.4, -0.2) is 29.4 Å². The summed E-state index contributed by atoms with van der Waals surface area (Å²) in [7, 11) is 0. The van der Waals surface area contributed by atoms with Crippen LogP contribution in [0.4, 0.5) is 19.0 Å². The molecular weight excluding hydrogens is 281 g/mol. The predicted octanol–water partition coefficient (Wildman–Crippen LogP) is 3.51. The maximum Gasteiger partial charge on any atom is 0.405 e. The second-order valence-corrected chi connectivity index (χ2v) is 4.85. The number of pyridine rings is 1. The van der Waals surface area contributed by atoms with Crippen molar-refractivity contribution in [1.29, 1.82) is 0 Å². The molecule has 0 unspecified atom stereocenters. The van der Waals surface area contributed by atoms with Gasteiger partial charge >= 0.3 is 6.18 Å². The molecule has 1 aromatic heterocycles. The Balaban J connectivity index is 2.54. The highest BCUT2D eigenvalue weighted by Crippen LogP contribution is 2.28. The Bertz CT molecular complexity index is 613. The Hall–Kier alpha value is -1.82. The van der Waals surface area contributed by atoms with Crippen LogP contribution in [0.5, 0.6) is 0 Å². The molecule has 0 atom stereocenters. The average Bonchev–Trinajstić information content (AvgIpc) is 2.44. The number of anilines is 1. The lowest BCUT2D eigenvalue weighted by Crippen LogP contribution is -2.35. The summed E-state index contributed by atoms with van der Waals surface area (Å²) < 4.78 is 38.3. The lowest BCUT2D eigenvalue weighted by molar-refractivity contribution is -0.119. The lowest BCUT2D eigenvalue weighted by Gasteiger charge is -2.26. The zero-order valence-corrected chi connectivity index (χ0v) is 11.7. The predicted molar refractivity (Wildman–Crippen MR) is 76.2 cm³/mol. The van der Waals surface area contributed by atoms with E-state index in [0.29, 0.717) is 17.5 Å². The summed E-state index contributed by atoms with van der Waals surface area (Å²) in [5.74, 6) is 0.274. The minimum Gasteiger partial charge on any atom is -0.390 e. The fourth-order valence-corrected chi connectivity index (χ4v) is 2.30. The summed E-state index contributed by atoms with van der Waals surface area (Å²) >= 11 is 0. The summed E-state index contributed by atoms with van der Waals surface area (Å²) in [6.45, 7) is 0.726. The summed E-state index contributed by atoms with van der Waals surface area (Å²) in [5, 5.41) is 10.7. The van der Waals surface area contributed by atoms with Gasteiger partial charge in [-0.05, 0) is 17.9 Å². The fourth-order valence-electron chi connectivity index (χ4n) is 2.30. The number of aliphatic hydroxyl groups excluding tert-OH is 1. The molecule has 0 aliphatic carbocycles. The van der Waals surface area contributed by atoms with Gasteiger partial charge in [0.1, 0.15) is 12.4 Å². The van der Waals surface area contributed by atoms with E-state index in [0.717, 1.165) is 5.39 Å². The topological polar surface area (TPSA) is 36.4 Å². The van der Waals surface area contributed by atoms with Crippen LogP contribution in [0.3, 0.4) is 0 Å². The number of fused-ring (bicyclic) bond motifs is 1. The van der Waals surface area contributed by atoms with Gasteiger partial charge in [-0.1, -0.05) is 31.2 Å². The van der Waals surface area contributed by atoms with E-state index < -0.39 is 12.7 Å². The third kappa shape index (κ3) is 3.85. The number of aliphatic hydroxyl groups is 1. The molecule has 0 aliphatic rings. The molecule has 0 radical (unpaired) electrons. The number of halogens is 3. The van der Waals surface area contributed by atoms with Gasteiger partial charge in [0.05, 0.1) is 12.3 Å². The maximum absolute atomic E-state index is 12.8. The van der Waals surface area contributed by atoms with E-state index in [1.807, 2.05) is 6.92 Å². The maximum atomic E-state index is 12.8. The summed E-state index contributed by atoms with van der Waals surface area (Å²) in [6.07, 6.45) is -3.72. The minimum atomic E-state index is -4.30. The zero-order valence-electron chi connectivity index (χ0n) is 11.7. The molecule has 1 heterocycles. The van der Waals surface area contributed by atoms with Gasteiger partial charge in [-0.15, -0.1) is 0 Å². The van der Waals surface area contributed by atoms with E-state index in [1.165, 1.54) is 4.90 Å². The van der Waals surface area contributed by atoms with E-state index in [9.17, 15) is 18.3 Å². The molecule has 0 spiro atoms. The molecule has 0 fully saturated rings. The van der Waals surface area contributed by atoms with Crippen LogP contribution in [0.25, 0.3) is 10.8 Å². The number of rotatable bonds is 5. The first-order chi connectivity index (χ1) is 9.94. The van der Waals surface area contributed by atoms with Gasteiger partial charge < -0.3 is 10.0 Å². The van der Waals surface area contributed by atoms with Crippen LogP contribution in [0.15, 0.2) is 30.3 Å². The van der Waals surface area contributed by atoms with Crippen LogP contribution in [0.2, 0.25) is 0 Å². The van der Waals surface area contributed by atoms with Crippen molar-refractivity contribution >= 4 is 16.6 Å². The van der Waals surface area contributed by atoms with E-state index in [1.54, 1.807) is 30.3 Å². The SMILES string of the molecule is CCCN(CC(F)(F)F)c1nc(CO)cc2ccccc12. The summed E-state index contributed by atoms with van der Waals surface area (Å²) in [6, 6.07) is 8.82. The van der Waals surface area contributed by atoms with Crippen molar-refractivity contribution in [3.63, 3.8) is 0 Å². The van der Waals surface area contributed by atoms with E-state index in [-0.39, 0.29) is 19.0 Å². The third-order valence-corrected chi connectivity index (χ3v) is 3.10. The van der Waals surface area contributed by atoms with Crippen molar-refractivity contribution < 1.29 is 18.3 Å². The number of hydrogen-bond donors (Lipinski definition) is 1. The highest BCUT2D eigenvalue weighted by Gasteiger charge is 2.31. The van der Waals surface area contributed by atoms with E-state index >= 15 is 0 Å². The quantitative estimate of drug-likeness (QED) is 0.917.